The predicted octanol–water partition coefficient (Wildman–Crippen LogP) is 1.89. The Hall–Kier alpha value is -0.0400. The molecule has 0 spiro atoms. The Morgan fingerprint density at radius 1 is 1.09 bits per heavy atom. The summed E-state index contributed by atoms with van der Waals surface area (Å²) < 4.78 is 0. The number of piperidine rings is 1. The molecule has 1 saturated heterocycles. The highest BCUT2D eigenvalue weighted by Crippen LogP contribution is 2.42. The molecule has 1 N–H and O–H groups in total. The largest absolute Gasteiger partial charge is 0.316 e. The second-order valence-electron chi connectivity index (χ2n) is 4.58. The van der Waals surface area contributed by atoms with Crippen LogP contribution in [0.2, 0.25) is 0 Å². The van der Waals surface area contributed by atoms with Crippen molar-refractivity contribution in [2.75, 3.05) is 13.1 Å². The lowest BCUT2D eigenvalue weighted by Gasteiger charge is -2.33. The predicted molar refractivity (Wildman–Crippen MR) is 47.4 cm³/mol. The quantitative estimate of drug-likeness (QED) is 0.606. The molecule has 2 bridgehead atoms. The van der Waals surface area contributed by atoms with E-state index in [4.69, 9.17) is 0 Å². The molecule has 1 heteroatoms. The first-order valence-corrected chi connectivity index (χ1v) is 4.99. The van der Waals surface area contributed by atoms with Gasteiger partial charge in [-0.2, -0.15) is 0 Å². The van der Waals surface area contributed by atoms with E-state index in [-0.39, 0.29) is 0 Å². The van der Waals surface area contributed by atoms with E-state index in [1.807, 2.05) is 0 Å². The van der Waals surface area contributed by atoms with Crippen molar-refractivity contribution in [1.82, 2.24) is 5.32 Å². The Bertz CT molecular complexity index is 126. The Kier molecular flexibility index (Phi) is 1.92. The summed E-state index contributed by atoms with van der Waals surface area (Å²) in [4.78, 5) is 0. The fraction of sp³-hybridized carbons (Fsp3) is 1.00. The number of hydrogen-bond acceptors (Lipinski definition) is 1. The van der Waals surface area contributed by atoms with Crippen molar-refractivity contribution in [2.45, 2.75) is 26.7 Å². The van der Waals surface area contributed by atoms with Crippen LogP contribution >= 0.6 is 0 Å². The van der Waals surface area contributed by atoms with Crippen molar-refractivity contribution in [2.24, 2.45) is 23.7 Å². The summed E-state index contributed by atoms with van der Waals surface area (Å²) in [5, 5.41) is 3.53. The molecular formula is C10H19N. The Labute approximate surface area is 69.6 Å². The summed E-state index contributed by atoms with van der Waals surface area (Å²) in [6.07, 6.45) is 2.97. The molecule has 1 aliphatic carbocycles. The first-order chi connectivity index (χ1) is 5.29. The topological polar surface area (TPSA) is 12.0 Å². The van der Waals surface area contributed by atoms with Gasteiger partial charge >= 0.3 is 0 Å². The summed E-state index contributed by atoms with van der Waals surface area (Å²) in [6.45, 7) is 7.36. The van der Waals surface area contributed by atoms with Crippen LogP contribution in [-0.4, -0.2) is 13.1 Å². The third-order valence-corrected chi connectivity index (χ3v) is 3.58. The Morgan fingerprint density at radius 2 is 1.64 bits per heavy atom. The highest BCUT2D eigenvalue weighted by Gasteiger charge is 2.39. The minimum Gasteiger partial charge on any atom is -0.316 e. The average Bonchev–Trinajstić information content (AvgIpc) is 2.23. The number of hydrogen-bond donors (Lipinski definition) is 1. The van der Waals surface area contributed by atoms with Crippen LogP contribution in [0.25, 0.3) is 0 Å². The van der Waals surface area contributed by atoms with E-state index in [0.29, 0.717) is 0 Å². The van der Waals surface area contributed by atoms with Gasteiger partial charge in [-0.15, -0.1) is 0 Å². The van der Waals surface area contributed by atoms with Crippen LogP contribution in [0.3, 0.4) is 0 Å². The second kappa shape index (κ2) is 2.78. The van der Waals surface area contributed by atoms with Gasteiger partial charge in [-0.05, 0) is 49.6 Å². The fourth-order valence-corrected chi connectivity index (χ4v) is 3.22. The van der Waals surface area contributed by atoms with Crippen molar-refractivity contribution < 1.29 is 0 Å². The van der Waals surface area contributed by atoms with E-state index in [1.54, 1.807) is 0 Å². The molecule has 2 aliphatic rings. The SMILES string of the molecule is CC(C)[C@@H]1[C@@H]2CC[C@H]1CNC2. The Balaban J connectivity index is 2.09. The first kappa shape index (κ1) is 7.60. The van der Waals surface area contributed by atoms with Gasteiger partial charge in [0.1, 0.15) is 0 Å². The molecule has 1 aliphatic heterocycles. The maximum atomic E-state index is 3.53. The van der Waals surface area contributed by atoms with E-state index < -0.39 is 0 Å². The van der Waals surface area contributed by atoms with Gasteiger partial charge in [-0.1, -0.05) is 13.8 Å². The molecule has 3 atom stereocenters. The molecule has 1 saturated carbocycles. The van der Waals surface area contributed by atoms with Crippen molar-refractivity contribution in [3.8, 4) is 0 Å². The van der Waals surface area contributed by atoms with Gasteiger partial charge < -0.3 is 5.32 Å². The van der Waals surface area contributed by atoms with Crippen LogP contribution in [0.4, 0.5) is 0 Å². The third kappa shape index (κ3) is 1.20. The molecule has 2 fully saturated rings. The zero-order valence-electron chi connectivity index (χ0n) is 7.64. The van der Waals surface area contributed by atoms with Crippen LogP contribution in [-0.2, 0) is 0 Å². The zero-order chi connectivity index (χ0) is 7.84. The molecule has 0 radical (unpaired) electrons. The third-order valence-electron chi connectivity index (χ3n) is 3.58. The van der Waals surface area contributed by atoms with Crippen molar-refractivity contribution in [3.05, 3.63) is 0 Å². The molecule has 0 amide bonds. The van der Waals surface area contributed by atoms with E-state index in [1.165, 1.54) is 25.9 Å². The van der Waals surface area contributed by atoms with Crippen LogP contribution < -0.4 is 5.32 Å². The van der Waals surface area contributed by atoms with Crippen LogP contribution in [0.1, 0.15) is 26.7 Å². The number of rotatable bonds is 1. The number of fused-ring (bicyclic) bond motifs is 2. The molecule has 64 valence electrons. The standard InChI is InChI=1S/C10H19N/c1-7(2)10-8-3-4-9(10)6-11-5-8/h7-11H,3-6H2,1-2H3/t8-,9+,10-. The summed E-state index contributed by atoms with van der Waals surface area (Å²) in [5.41, 5.74) is 0. The van der Waals surface area contributed by atoms with Crippen molar-refractivity contribution >= 4 is 0 Å². The van der Waals surface area contributed by atoms with Crippen molar-refractivity contribution in [3.63, 3.8) is 0 Å². The minimum atomic E-state index is 0.912. The molecule has 0 aromatic heterocycles. The lowest BCUT2D eigenvalue weighted by molar-refractivity contribution is 0.185. The Morgan fingerprint density at radius 3 is 2.00 bits per heavy atom. The van der Waals surface area contributed by atoms with Crippen LogP contribution in [0.15, 0.2) is 0 Å². The molecule has 1 nitrogen and oxygen atoms in total. The lowest BCUT2D eigenvalue weighted by Crippen LogP contribution is -2.40. The maximum absolute atomic E-state index is 3.53. The van der Waals surface area contributed by atoms with E-state index in [9.17, 15) is 0 Å². The van der Waals surface area contributed by atoms with E-state index in [2.05, 4.69) is 19.2 Å². The highest BCUT2D eigenvalue weighted by atomic mass is 14.9. The first-order valence-electron chi connectivity index (χ1n) is 4.99. The van der Waals surface area contributed by atoms with Gasteiger partial charge in [0.25, 0.3) is 0 Å². The van der Waals surface area contributed by atoms with E-state index >= 15 is 0 Å². The molecule has 2 rings (SSSR count). The average molecular weight is 153 g/mol. The molecule has 0 unspecified atom stereocenters. The summed E-state index contributed by atoms with van der Waals surface area (Å²) in [6, 6.07) is 0. The fourth-order valence-electron chi connectivity index (χ4n) is 3.22. The molecule has 0 aromatic carbocycles. The number of nitrogens with one attached hydrogen (secondary N) is 1. The smallest absolute Gasteiger partial charge is 0.00175 e. The maximum Gasteiger partial charge on any atom is -0.00175 e. The normalized spacial score (nSPS) is 43.4. The van der Waals surface area contributed by atoms with Gasteiger partial charge in [0, 0.05) is 0 Å². The van der Waals surface area contributed by atoms with Crippen LogP contribution in [0.5, 0.6) is 0 Å². The summed E-state index contributed by atoms with van der Waals surface area (Å²) in [5.74, 6) is 3.97. The van der Waals surface area contributed by atoms with Gasteiger partial charge in [-0.3, -0.25) is 0 Å². The van der Waals surface area contributed by atoms with Gasteiger partial charge in [0.2, 0.25) is 0 Å². The van der Waals surface area contributed by atoms with Crippen molar-refractivity contribution in [1.29, 1.82) is 0 Å². The molecular weight excluding hydrogens is 134 g/mol. The van der Waals surface area contributed by atoms with Crippen LogP contribution in [0, 0.1) is 23.7 Å². The zero-order valence-corrected chi connectivity index (χ0v) is 7.64. The minimum absolute atomic E-state index is 0.912. The van der Waals surface area contributed by atoms with Gasteiger partial charge in [0.15, 0.2) is 0 Å². The summed E-state index contributed by atoms with van der Waals surface area (Å²) >= 11 is 0. The summed E-state index contributed by atoms with van der Waals surface area (Å²) in [7, 11) is 0. The molecule has 11 heavy (non-hydrogen) atoms. The van der Waals surface area contributed by atoms with Gasteiger partial charge in [0.05, 0.1) is 0 Å². The monoisotopic (exact) mass is 153 g/mol. The highest BCUT2D eigenvalue weighted by molar-refractivity contribution is 4.92. The molecule has 1 heterocycles. The van der Waals surface area contributed by atoms with E-state index in [0.717, 1.165) is 23.7 Å². The van der Waals surface area contributed by atoms with Gasteiger partial charge in [-0.25, -0.2) is 0 Å². The molecule has 0 aromatic rings. The second-order valence-corrected chi connectivity index (χ2v) is 4.58. The lowest BCUT2D eigenvalue weighted by atomic mass is 9.78.